The van der Waals surface area contributed by atoms with Gasteiger partial charge in [-0.15, -0.1) is 0 Å². The molecule has 3 aromatic rings. The number of methoxy groups -OCH3 is 2. The zero-order chi connectivity index (χ0) is 27.7. The average molecular weight is 525 g/mol. The average Bonchev–Trinajstić information content (AvgIpc) is 2.90. The zero-order valence-electron chi connectivity index (χ0n) is 21.8. The fraction of sp³-hybridized carbons (Fsp3) is 0.357. The summed E-state index contributed by atoms with van der Waals surface area (Å²) >= 11 is 0. The van der Waals surface area contributed by atoms with Crippen LogP contribution in [0.5, 0.6) is 5.75 Å². The third-order valence-corrected chi connectivity index (χ3v) is 5.79. The molecule has 10 nitrogen and oxygen atoms in total. The van der Waals surface area contributed by atoms with Gasteiger partial charge in [-0.3, -0.25) is 4.79 Å². The molecular weight excluding hydrogens is 492 g/mol. The van der Waals surface area contributed by atoms with Crippen LogP contribution in [0.1, 0.15) is 31.4 Å². The quantitative estimate of drug-likeness (QED) is 0.288. The lowest BCUT2D eigenvalue weighted by Gasteiger charge is -2.23. The van der Waals surface area contributed by atoms with E-state index in [1.807, 2.05) is 44.2 Å². The minimum atomic E-state index is -1.13. The molecule has 0 unspecified atom stereocenters. The number of carbonyl (C=O) groups excluding carboxylic acids is 3. The van der Waals surface area contributed by atoms with Gasteiger partial charge < -0.3 is 29.3 Å². The fourth-order valence-corrected chi connectivity index (χ4v) is 3.94. The van der Waals surface area contributed by atoms with Crippen LogP contribution in [0.15, 0.2) is 63.8 Å². The Morgan fingerprint density at radius 1 is 0.947 bits per heavy atom. The highest BCUT2D eigenvalue weighted by atomic mass is 16.5. The van der Waals surface area contributed by atoms with E-state index in [-0.39, 0.29) is 24.5 Å². The Kier molecular flexibility index (Phi) is 9.86. The Balaban J connectivity index is 1.77. The molecule has 2 N–H and O–H groups in total. The van der Waals surface area contributed by atoms with Crippen molar-refractivity contribution < 1.29 is 33.0 Å². The highest BCUT2D eigenvalue weighted by Crippen LogP contribution is 2.23. The molecule has 0 saturated heterocycles. The smallest absolute Gasteiger partial charge is 0.408 e. The van der Waals surface area contributed by atoms with Gasteiger partial charge in [0.2, 0.25) is 5.91 Å². The van der Waals surface area contributed by atoms with Crippen molar-refractivity contribution in [3.05, 3.63) is 76.1 Å². The predicted molar refractivity (Wildman–Crippen MR) is 140 cm³/mol. The molecule has 0 aliphatic heterocycles. The van der Waals surface area contributed by atoms with Gasteiger partial charge in [-0.25, -0.2) is 14.4 Å². The summed E-state index contributed by atoms with van der Waals surface area (Å²) in [5, 5.41) is 5.84. The molecule has 0 fully saturated rings. The van der Waals surface area contributed by atoms with E-state index in [1.165, 1.54) is 20.3 Å². The van der Waals surface area contributed by atoms with Crippen LogP contribution in [0.2, 0.25) is 0 Å². The number of amides is 2. The van der Waals surface area contributed by atoms with E-state index < -0.39 is 35.7 Å². The maximum absolute atomic E-state index is 13.2. The first-order chi connectivity index (χ1) is 18.2. The van der Waals surface area contributed by atoms with Gasteiger partial charge in [0.05, 0.1) is 14.2 Å². The molecule has 2 amide bonds. The van der Waals surface area contributed by atoms with Gasteiger partial charge in [-0.05, 0) is 35.6 Å². The van der Waals surface area contributed by atoms with Crippen LogP contribution >= 0.6 is 0 Å². The summed E-state index contributed by atoms with van der Waals surface area (Å²) in [6, 6.07) is 13.3. The Bertz CT molecular complexity index is 1320. The second kappa shape index (κ2) is 13.3. The number of esters is 1. The number of fused-ring (bicyclic) bond motifs is 1. The van der Waals surface area contributed by atoms with Gasteiger partial charge >= 0.3 is 17.7 Å². The topological polar surface area (TPSA) is 133 Å². The van der Waals surface area contributed by atoms with Gasteiger partial charge in [0.1, 0.15) is 30.0 Å². The highest BCUT2D eigenvalue weighted by molar-refractivity contribution is 5.90. The monoisotopic (exact) mass is 524 g/mol. The highest BCUT2D eigenvalue weighted by Gasteiger charge is 2.29. The molecule has 3 rings (SSSR count). The van der Waals surface area contributed by atoms with Gasteiger partial charge in [-0.1, -0.05) is 44.2 Å². The van der Waals surface area contributed by atoms with E-state index >= 15 is 0 Å². The fourth-order valence-electron chi connectivity index (χ4n) is 3.94. The lowest BCUT2D eigenvalue weighted by Crippen LogP contribution is -2.53. The summed E-state index contributed by atoms with van der Waals surface area (Å²) < 4.78 is 20.6. The number of ether oxygens (including phenoxy) is 3. The maximum atomic E-state index is 13.2. The second-order valence-electron chi connectivity index (χ2n) is 9.13. The normalized spacial score (nSPS) is 12.4. The van der Waals surface area contributed by atoms with Crippen LogP contribution in [0, 0.1) is 5.92 Å². The number of nitrogens with one attached hydrogen (secondary N) is 2. The van der Waals surface area contributed by atoms with Crippen LogP contribution in [0.4, 0.5) is 4.79 Å². The Morgan fingerprint density at radius 2 is 1.68 bits per heavy atom. The minimum Gasteiger partial charge on any atom is -0.497 e. The van der Waals surface area contributed by atoms with Crippen molar-refractivity contribution in [3.63, 3.8) is 0 Å². The number of alkyl carbamates (subject to hydrolysis) is 1. The molecule has 0 aliphatic carbocycles. The molecule has 2 aromatic carbocycles. The van der Waals surface area contributed by atoms with Crippen LogP contribution in [0.3, 0.4) is 0 Å². The molecule has 202 valence electrons. The van der Waals surface area contributed by atoms with E-state index in [9.17, 15) is 19.2 Å². The number of hydrogen-bond acceptors (Lipinski definition) is 8. The van der Waals surface area contributed by atoms with Gasteiger partial charge in [-0.2, -0.15) is 0 Å². The van der Waals surface area contributed by atoms with Crippen molar-refractivity contribution in [1.29, 1.82) is 0 Å². The molecule has 0 bridgehead atoms. The number of benzene rings is 2. The van der Waals surface area contributed by atoms with E-state index in [1.54, 1.807) is 18.2 Å². The SMILES string of the molecule is COC(=O)[C@H](Cc1cc(=O)oc2cc(OC)ccc12)NC(=O)[C@H](CC(C)C)NC(=O)OCc1ccccc1. The van der Waals surface area contributed by atoms with E-state index in [2.05, 4.69) is 10.6 Å². The van der Waals surface area contributed by atoms with Crippen molar-refractivity contribution in [2.75, 3.05) is 14.2 Å². The van der Waals surface area contributed by atoms with E-state index in [0.717, 1.165) is 5.56 Å². The number of hydrogen-bond donors (Lipinski definition) is 2. The first kappa shape index (κ1) is 28.2. The summed E-state index contributed by atoms with van der Waals surface area (Å²) in [6.07, 6.45) is -0.498. The largest absolute Gasteiger partial charge is 0.497 e. The van der Waals surface area contributed by atoms with Crippen molar-refractivity contribution in [2.24, 2.45) is 5.92 Å². The third-order valence-electron chi connectivity index (χ3n) is 5.79. The first-order valence-corrected chi connectivity index (χ1v) is 12.2. The lowest BCUT2D eigenvalue weighted by atomic mass is 10.00. The first-order valence-electron chi connectivity index (χ1n) is 12.2. The number of rotatable bonds is 11. The second-order valence-corrected chi connectivity index (χ2v) is 9.13. The Labute approximate surface area is 220 Å². The molecule has 0 aliphatic rings. The standard InChI is InChI=1S/C28H32N2O8/c1-17(2)12-22(30-28(34)37-16-18-8-6-5-7-9-18)26(32)29-23(27(33)36-4)13-19-14-25(31)38-24-15-20(35-3)10-11-21(19)24/h5-11,14-15,17,22-23H,12-13,16H2,1-4H3,(H,29,32)(H,30,34)/t22-,23-/m0/s1. The lowest BCUT2D eigenvalue weighted by molar-refractivity contribution is -0.145. The van der Waals surface area contributed by atoms with Gasteiger partial charge in [0.25, 0.3) is 0 Å². The van der Waals surface area contributed by atoms with Crippen molar-refractivity contribution >= 4 is 28.9 Å². The van der Waals surface area contributed by atoms with Crippen molar-refractivity contribution in [1.82, 2.24) is 10.6 Å². The summed E-state index contributed by atoms with van der Waals surface area (Å²) in [4.78, 5) is 50.5. The minimum absolute atomic E-state index is 0.0420. The summed E-state index contributed by atoms with van der Waals surface area (Å²) in [5.41, 5.74) is 0.944. The van der Waals surface area contributed by atoms with Gasteiger partial charge in [0.15, 0.2) is 0 Å². The van der Waals surface area contributed by atoms with Crippen LogP contribution in [0.25, 0.3) is 11.0 Å². The third kappa shape index (κ3) is 7.83. The van der Waals surface area contributed by atoms with Crippen LogP contribution in [-0.4, -0.2) is 44.3 Å². The van der Waals surface area contributed by atoms with Crippen LogP contribution < -0.4 is 21.0 Å². The molecule has 0 radical (unpaired) electrons. The Morgan fingerprint density at radius 3 is 2.34 bits per heavy atom. The maximum Gasteiger partial charge on any atom is 0.408 e. The van der Waals surface area contributed by atoms with Gasteiger partial charge in [0, 0.05) is 23.9 Å². The molecule has 10 heteroatoms. The molecule has 0 spiro atoms. The summed E-state index contributed by atoms with van der Waals surface area (Å²) in [7, 11) is 2.69. The Hall–Kier alpha value is -4.34. The zero-order valence-corrected chi connectivity index (χ0v) is 21.8. The van der Waals surface area contributed by atoms with E-state index in [0.29, 0.717) is 23.1 Å². The van der Waals surface area contributed by atoms with E-state index in [4.69, 9.17) is 18.6 Å². The van der Waals surface area contributed by atoms with Crippen LogP contribution in [-0.2, 0) is 32.1 Å². The summed E-state index contributed by atoms with van der Waals surface area (Å²) in [6.45, 7) is 3.85. The van der Waals surface area contributed by atoms with Crippen molar-refractivity contribution in [2.45, 2.75) is 45.4 Å². The molecule has 1 aromatic heterocycles. The molecule has 1 heterocycles. The predicted octanol–water partition coefficient (Wildman–Crippen LogP) is 3.34. The molecule has 38 heavy (non-hydrogen) atoms. The molecule has 0 saturated carbocycles. The molecule has 2 atom stereocenters. The summed E-state index contributed by atoms with van der Waals surface area (Å²) in [5.74, 6) is -0.741. The molecular formula is C28H32N2O8. The number of carbonyl (C=O) groups is 3. The van der Waals surface area contributed by atoms with Crippen molar-refractivity contribution in [3.8, 4) is 5.75 Å².